The molecular formula is C22H37N5O4S. The van der Waals surface area contributed by atoms with Crippen LogP contribution in [0.3, 0.4) is 0 Å². The molecule has 0 spiro atoms. The number of amides is 2. The second kappa shape index (κ2) is 10.4. The molecule has 32 heavy (non-hydrogen) atoms. The standard InChI is InChI=1S/C22H37N5O4S/c1-21(2,3)31-20(29)27(11)14-17-16(13-23-32(30)22(4,5)6)15(19(28)26(9)10)12-18(24-17)25(7)8/h12-13H,14H2,1-11H3/t32-/m1/s1. The Morgan fingerprint density at radius 1 is 1.09 bits per heavy atom. The topological polar surface area (TPSA) is 95.4 Å². The monoisotopic (exact) mass is 467 g/mol. The molecule has 2 amide bonds. The minimum atomic E-state index is -1.53. The summed E-state index contributed by atoms with van der Waals surface area (Å²) < 4.78 is 21.6. The van der Waals surface area contributed by atoms with Gasteiger partial charge in [0.2, 0.25) is 0 Å². The third-order valence-corrected chi connectivity index (χ3v) is 5.46. The van der Waals surface area contributed by atoms with Gasteiger partial charge in [0.05, 0.1) is 22.5 Å². The molecule has 1 aromatic rings. The third-order valence-electron chi connectivity index (χ3n) is 4.11. The molecule has 0 aliphatic carbocycles. The van der Waals surface area contributed by atoms with E-state index in [2.05, 4.69) is 9.38 Å². The normalized spacial score (nSPS) is 13.1. The zero-order valence-corrected chi connectivity index (χ0v) is 22.0. The highest BCUT2D eigenvalue weighted by Crippen LogP contribution is 2.22. The maximum absolute atomic E-state index is 13.0. The van der Waals surface area contributed by atoms with Gasteiger partial charge in [-0.1, -0.05) is 0 Å². The van der Waals surface area contributed by atoms with E-state index in [-0.39, 0.29) is 12.5 Å². The van der Waals surface area contributed by atoms with Gasteiger partial charge in [-0.25, -0.2) is 14.0 Å². The van der Waals surface area contributed by atoms with Crippen molar-refractivity contribution in [3.63, 3.8) is 0 Å². The van der Waals surface area contributed by atoms with Crippen molar-refractivity contribution in [3.8, 4) is 0 Å². The Kier molecular flexibility index (Phi) is 8.97. The second-order valence-electron chi connectivity index (χ2n) is 9.91. The molecule has 1 aromatic heterocycles. The molecule has 1 rings (SSSR count). The number of ether oxygens (including phenoxy) is 1. The first-order valence-corrected chi connectivity index (χ1v) is 11.4. The molecule has 1 atom stereocenters. The molecule has 0 saturated carbocycles. The van der Waals surface area contributed by atoms with Gasteiger partial charge < -0.3 is 19.4 Å². The summed E-state index contributed by atoms with van der Waals surface area (Å²) in [7, 11) is 7.01. The van der Waals surface area contributed by atoms with Crippen molar-refractivity contribution >= 4 is 35.0 Å². The van der Waals surface area contributed by atoms with Gasteiger partial charge >= 0.3 is 6.09 Å². The van der Waals surface area contributed by atoms with E-state index >= 15 is 0 Å². The first-order valence-electron chi connectivity index (χ1n) is 10.3. The number of pyridine rings is 1. The molecule has 180 valence electrons. The Bertz CT molecular complexity index is 899. The van der Waals surface area contributed by atoms with Crippen LogP contribution in [0.4, 0.5) is 10.6 Å². The van der Waals surface area contributed by atoms with E-state index in [9.17, 15) is 13.8 Å². The molecule has 0 aromatic carbocycles. The fourth-order valence-corrected chi connectivity index (χ4v) is 2.91. The fraction of sp³-hybridized carbons (Fsp3) is 0.636. The van der Waals surface area contributed by atoms with Crippen LogP contribution in [0.1, 0.15) is 63.2 Å². The van der Waals surface area contributed by atoms with Crippen molar-refractivity contribution in [1.29, 1.82) is 0 Å². The SMILES string of the molecule is CN(C)C(=O)c1cc(N(C)C)nc(CN(C)C(=O)OC(C)(C)C)c1C=N[S@](=O)C(C)(C)C. The van der Waals surface area contributed by atoms with Crippen molar-refractivity contribution < 1.29 is 18.5 Å². The number of hydrogen-bond donors (Lipinski definition) is 0. The maximum Gasteiger partial charge on any atom is 0.410 e. The summed E-state index contributed by atoms with van der Waals surface area (Å²) in [5.74, 6) is 0.302. The van der Waals surface area contributed by atoms with E-state index in [4.69, 9.17) is 4.74 Å². The van der Waals surface area contributed by atoms with E-state index in [1.165, 1.54) is 16.0 Å². The summed E-state index contributed by atoms with van der Waals surface area (Å²) in [6, 6.07) is 1.67. The van der Waals surface area contributed by atoms with Gasteiger partial charge in [0.25, 0.3) is 5.91 Å². The van der Waals surface area contributed by atoms with Crippen LogP contribution in [0.2, 0.25) is 0 Å². The number of carbonyl (C=O) groups is 2. The van der Waals surface area contributed by atoms with Gasteiger partial charge in [0.1, 0.15) is 22.4 Å². The van der Waals surface area contributed by atoms with Crippen molar-refractivity contribution in [3.05, 3.63) is 22.9 Å². The van der Waals surface area contributed by atoms with Gasteiger partial charge in [0, 0.05) is 47.0 Å². The van der Waals surface area contributed by atoms with E-state index in [0.717, 1.165) is 0 Å². The van der Waals surface area contributed by atoms with E-state index in [1.807, 2.05) is 34.9 Å². The zero-order valence-electron chi connectivity index (χ0n) is 21.1. The Hall–Kier alpha value is -2.49. The predicted molar refractivity (Wildman–Crippen MR) is 130 cm³/mol. The lowest BCUT2D eigenvalue weighted by molar-refractivity contribution is 0.0283. The number of aromatic nitrogens is 1. The van der Waals surface area contributed by atoms with E-state index < -0.39 is 27.4 Å². The molecule has 10 heteroatoms. The Morgan fingerprint density at radius 2 is 1.66 bits per heavy atom. The molecule has 0 aliphatic rings. The summed E-state index contributed by atoms with van der Waals surface area (Å²) in [5.41, 5.74) is 0.576. The average molecular weight is 468 g/mol. The minimum Gasteiger partial charge on any atom is -0.444 e. The molecule has 1 heterocycles. The van der Waals surface area contributed by atoms with Crippen molar-refractivity contribution in [1.82, 2.24) is 14.8 Å². The molecule has 0 N–H and O–H groups in total. The second-order valence-corrected chi connectivity index (χ2v) is 11.8. The lowest BCUT2D eigenvalue weighted by Crippen LogP contribution is -2.34. The van der Waals surface area contributed by atoms with Crippen LogP contribution in [0.5, 0.6) is 0 Å². The van der Waals surface area contributed by atoms with Crippen LogP contribution in [-0.4, -0.2) is 82.8 Å². The number of anilines is 1. The average Bonchev–Trinajstić information content (AvgIpc) is 2.62. The Balaban J connectivity index is 3.62. The lowest BCUT2D eigenvalue weighted by atomic mass is 10.0. The molecule has 0 bridgehead atoms. The van der Waals surface area contributed by atoms with E-state index in [0.29, 0.717) is 22.6 Å². The largest absolute Gasteiger partial charge is 0.444 e. The van der Waals surface area contributed by atoms with Crippen molar-refractivity contribution in [2.45, 2.75) is 58.4 Å². The van der Waals surface area contributed by atoms with Gasteiger partial charge in [-0.15, -0.1) is 0 Å². The molecule has 0 saturated heterocycles. The summed E-state index contributed by atoms with van der Waals surface area (Å²) in [6.07, 6.45) is 0.902. The van der Waals surface area contributed by atoms with Crippen LogP contribution < -0.4 is 4.90 Å². The predicted octanol–water partition coefficient (Wildman–Crippen LogP) is 3.10. The Morgan fingerprint density at radius 3 is 2.09 bits per heavy atom. The maximum atomic E-state index is 13.0. The first-order chi connectivity index (χ1) is 14.4. The number of rotatable bonds is 6. The fourth-order valence-electron chi connectivity index (χ4n) is 2.39. The van der Waals surface area contributed by atoms with Gasteiger partial charge in [-0.3, -0.25) is 4.79 Å². The molecular weight excluding hydrogens is 430 g/mol. The van der Waals surface area contributed by atoms with Crippen LogP contribution in [0, 0.1) is 0 Å². The third kappa shape index (κ3) is 7.89. The van der Waals surface area contributed by atoms with E-state index in [1.54, 1.807) is 52.9 Å². The highest BCUT2D eigenvalue weighted by atomic mass is 32.2. The highest BCUT2D eigenvalue weighted by molar-refractivity contribution is 7.85. The summed E-state index contributed by atoms with van der Waals surface area (Å²) in [6.45, 7) is 10.9. The smallest absolute Gasteiger partial charge is 0.410 e. The first kappa shape index (κ1) is 27.5. The van der Waals surface area contributed by atoms with Crippen LogP contribution in [0.15, 0.2) is 10.5 Å². The summed E-state index contributed by atoms with van der Waals surface area (Å²) >= 11 is 0. The molecule has 0 fully saturated rings. The van der Waals surface area contributed by atoms with Crippen LogP contribution >= 0.6 is 0 Å². The molecule has 0 unspecified atom stereocenters. The Labute approximate surface area is 194 Å². The van der Waals surface area contributed by atoms with Gasteiger partial charge in [0.15, 0.2) is 0 Å². The molecule has 0 aliphatic heterocycles. The minimum absolute atomic E-state index is 0.0772. The highest BCUT2D eigenvalue weighted by Gasteiger charge is 2.25. The number of nitrogens with zero attached hydrogens (tertiary/aromatic N) is 5. The lowest BCUT2D eigenvalue weighted by Gasteiger charge is -2.26. The number of carbonyl (C=O) groups excluding carboxylic acids is 2. The van der Waals surface area contributed by atoms with Crippen LogP contribution in [0.25, 0.3) is 0 Å². The van der Waals surface area contributed by atoms with Crippen molar-refractivity contribution in [2.24, 2.45) is 4.40 Å². The van der Waals surface area contributed by atoms with Gasteiger partial charge in [-0.2, -0.15) is 4.40 Å². The molecule has 0 radical (unpaired) electrons. The quantitative estimate of drug-likeness (QED) is 0.597. The van der Waals surface area contributed by atoms with Crippen LogP contribution in [-0.2, 0) is 22.3 Å². The van der Waals surface area contributed by atoms with Gasteiger partial charge in [-0.05, 0) is 47.6 Å². The summed E-state index contributed by atoms with van der Waals surface area (Å²) in [5, 5.41) is 0. The summed E-state index contributed by atoms with van der Waals surface area (Å²) in [4.78, 5) is 34.8. The number of hydrogen-bond acceptors (Lipinski definition) is 6. The zero-order chi connectivity index (χ0) is 25.0. The van der Waals surface area contributed by atoms with Crippen molar-refractivity contribution in [2.75, 3.05) is 40.1 Å². The molecule has 9 nitrogen and oxygen atoms in total.